The molecule has 1 atom stereocenters. The number of nitrogens with zero attached hydrogens (tertiary/aromatic N) is 1. The number of rotatable bonds is 6. The van der Waals surface area contributed by atoms with E-state index in [1.54, 1.807) is 43.1 Å². The average Bonchev–Trinajstić information content (AvgIpc) is 2.44. The molecule has 0 bridgehead atoms. The van der Waals surface area contributed by atoms with Crippen LogP contribution in [0, 0.1) is 0 Å². The molecular weight excluding hydrogens is 313 g/mol. The smallest absolute Gasteiger partial charge is 0.251 e. The van der Waals surface area contributed by atoms with Gasteiger partial charge in [-0.1, -0.05) is 11.6 Å². The van der Waals surface area contributed by atoms with E-state index in [0.717, 1.165) is 0 Å². The summed E-state index contributed by atoms with van der Waals surface area (Å²) in [5.74, 6) is -0.410. The zero-order chi connectivity index (χ0) is 15.1. The summed E-state index contributed by atoms with van der Waals surface area (Å²) < 4.78 is 0. The fourth-order valence-corrected chi connectivity index (χ4v) is 1.79. The molecule has 0 aromatic heterocycles. The molecule has 21 heavy (non-hydrogen) atoms. The second kappa shape index (κ2) is 9.60. The molecule has 7 heteroatoms. The second-order valence-corrected chi connectivity index (χ2v) is 5.00. The van der Waals surface area contributed by atoms with E-state index in [9.17, 15) is 9.59 Å². The summed E-state index contributed by atoms with van der Waals surface area (Å²) in [6.45, 7) is 2.97. The first-order chi connectivity index (χ1) is 9.45. The van der Waals surface area contributed by atoms with Crippen LogP contribution >= 0.6 is 24.0 Å². The molecule has 2 N–H and O–H groups in total. The van der Waals surface area contributed by atoms with Crippen LogP contribution < -0.4 is 10.6 Å². The Labute approximate surface area is 136 Å². The molecule has 0 spiro atoms. The van der Waals surface area contributed by atoms with Gasteiger partial charge in [-0.25, -0.2) is 0 Å². The molecule has 1 aromatic rings. The number of nitrogens with one attached hydrogen (secondary N) is 2. The van der Waals surface area contributed by atoms with Crippen LogP contribution in [0.25, 0.3) is 0 Å². The molecule has 0 aliphatic carbocycles. The van der Waals surface area contributed by atoms with Crippen molar-refractivity contribution < 1.29 is 9.59 Å². The van der Waals surface area contributed by atoms with E-state index in [2.05, 4.69) is 10.6 Å². The van der Waals surface area contributed by atoms with Gasteiger partial charge in [0.15, 0.2) is 0 Å². The number of hydrogen-bond donors (Lipinski definition) is 2. The molecule has 0 aliphatic heterocycles. The van der Waals surface area contributed by atoms with Gasteiger partial charge in [-0.2, -0.15) is 0 Å². The molecule has 1 aromatic carbocycles. The average molecular weight is 334 g/mol. The van der Waals surface area contributed by atoms with Crippen molar-refractivity contribution in [2.24, 2.45) is 0 Å². The molecule has 0 fully saturated rings. The lowest BCUT2D eigenvalue weighted by molar-refractivity contribution is -0.131. The number of carbonyl (C=O) groups is 2. The Balaban J connectivity index is 0.00000400. The zero-order valence-corrected chi connectivity index (χ0v) is 13.9. The van der Waals surface area contributed by atoms with Gasteiger partial charge in [-0.15, -0.1) is 12.4 Å². The van der Waals surface area contributed by atoms with E-state index in [-0.39, 0.29) is 24.2 Å². The number of benzene rings is 1. The zero-order valence-electron chi connectivity index (χ0n) is 12.4. The molecule has 2 amide bonds. The Morgan fingerprint density at radius 3 is 2.38 bits per heavy atom. The van der Waals surface area contributed by atoms with Gasteiger partial charge in [0.05, 0.1) is 0 Å². The number of hydrogen-bond acceptors (Lipinski definition) is 3. The van der Waals surface area contributed by atoms with Crippen LogP contribution in [0.5, 0.6) is 0 Å². The summed E-state index contributed by atoms with van der Waals surface area (Å²) in [6, 6.07) is 5.96. The third-order valence-corrected chi connectivity index (χ3v) is 3.15. The summed E-state index contributed by atoms with van der Waals surface area (Å²) in [6.07, 6.45) is 0. The minimum Gasteiger partial charge on any atom is -0.343 e. The fraction of sp³-hybridized carbons (Fsp3) is 0.429. The van der Waals surface area contributed by atoms with E-state index in [0.29, 0.717) is 23.7 Å². The van der Waals surface area contributed by atoms with E-state index in [1.807, 2.05) is 7.05 Å². The van der Waals surface area contributed by atoms with Gasteiger partial charge < -0.3 is 15.5 Å². The molecule has 0 saturated heterocycles. The van der Waals surface area contributed by atoms with E-state index in [1.165, 1.54) is 0 Å². The van der Waals surface area contributed by atoms with Crippen molar-refractivity contribution in [3.63, 3.8) is 0 Å². The Bertz CT molecular complexity index is 466. The molecule has 0 radical (unpaired) electrons. The van der Waals surface area contributed by atoms with Crippen molar-refractivity contribution >= 4 is 35.8 Å². The summed E-state index contributed by atoms with van der Waals surface area (Å²) in [5.41, 5.74) is 0.479. The van der Waals surface area contributed by atoms with Gasteiger partial charge in [0.2, 0.25) is 5.91 Å². The highest BCUT2D eigenvalue weighted by Gasteiger charge is 2.19. The predicted octanol–water partition coefficient (Wildman–Crippen LogP) is 1.56. The molecule has 0 aliphatic rings. The van der Waals surface area contributed by atoms with Crippen LogP contribution in [0.2, 0.25) is 5.02 Å². The second-order valence-electron chi connectivity index (χ2n) is 4.57. The van der Waals surface area contributed by atoms with E-state index >= 15 is 0 Å². The third kappa shape index (κ3) is 6.33. The number of carbonyl (C=O) groups excluding carboxylic acids is 2. The van der Waals surface area contributed by atoms with Crippen LogP contribution in [0.1, 0.15) is 17.3 Å². The van der Waals surface area contributed by atoms with Gasteiger partial charge in [-0.05, 0) is 38.2 Å². The van der Waals surface area contributed by atoms with Crippen molar-refractivity contribution in [3.05, 3.63) is 34.9 Å². The van der Waals surface area contributed by atoms with Crippen LogP contribution in [-0.2, 0) is 4.79 Å². The minimum absolute atomic E-state index is 0. The maximum Gasteiger partial charge on any atom is 0.251 e. The number of likely N-dealkylation sites (N-methyl/N-ethyl adjacent to an activating group) is 2. The predicted molar refractivity (Wildman–Crippen MR) is 87.2 cm³/mol. The normalized spacial score (nSPS) is 11.2. The highest BCUT2D eigenvalue weighted by Crippen LogP contribution is 2.09. The van der Waals surface area contributed by atoms with Crippen LogP contribution in [0.15, 0.2) is 24.3 Å². The molecule has 5 nitrogen and oxygen atoms in total. The first kappa shape index (κ1) is 19.7. The minimum atomic E-state index is -0.569. The third-order valence-electron chi connectivity index (χ3n) is 2.90. The van der Waals surface area contributed by atoms with Crippen molar-refractivity contribution in [1.29, 1.82) is 0 Å². The number of halogens is 2. The highest BCUT2D eigenvalue weighted by atomic mass is 35.5. The standard InChI is InChI=1S/C14H20ClN3O2.ClH/c1-10(14(20)18(3)9-8-16-2)17-13(19)11-4-6-12(15)7-5-11;/h4-7,10,16H,8-9H2,1-3H3,(H,17,19);1H. The number of amides is 2. The van der Waals surface area contributed by atoms with Crippen LogP contribution in [0.4, 0.5) is 0 Å². The first-order valence-corrected chi connectivity index (χ1v) is 6.79. The van der Waals surface area contributed by atoms with Gasteiger partial charge in [0.25, 0.3) is 5.91 Å². The molecule has 118 valence electrons. The monoisotopic (exact) mass is 333 g/mol. The Morgan fingerprint density at radius 1 is 1.29 bits per heavy atom. The maximum atomic E-state index is 12.0. The molecule has 1 unspecified atom stereocenters. The first-order valence-electron chi connectivity index (χ1n) is 6.41. The summed E-state index contributed by atoms with van der Waals surface area (Å²) in [4.78, 5) is 25.6. The topological polar surface area (TPSA) is 61.4 Å². The molecule has 0 saturated carbocycles. The quantitative estimate of drug-likeness (QED) is 0.830. The lowest BCUT2D eigenvalue weighted by atomic mass is 10.2. The Morgan fingerprint density at radius 2 is 1.86 bits per heavy atom. The van der Waals surface area contributed by atoms with Crippen molar-refractivity contribution in [2.45, 2.75) is 13.0 Å². The summed E-state index contributed by atoms with van der Waals surface area (Å²) >= 11 is 5.76. The van der Waals surface area contributed by atoms with Gasteiger partial charge in [0.1, 0.15) is 6.04 Å². The van der Waals surface area contributed by atoms with Crippen molar-refractivity contribution in [2.75, 3.05) is 27.2 Å². The van der Waals surface area contributed by atoms with E-state index in [4.69, 9.17) is 11.6 Å². The summed E-state index contributed by atoms with van der Waals surface area (Å²) in [7, 11) is 3.54. The Hall–Kier alpha value is -1.30. The van der Waals surface area contributed by atoms with Crippen molar-refractivity contribution in [1.82, 2.24) is 15.5 Å². The van der Waals surface area contributed by atoms with Crippen LogP contribution in [0.3, 0.4) is 0 Å². The summed E-state index contributed by atoms with van der Waals surface area (Å²) in [5, 5.41) is 6.22. The Kier molecular flexibility index (Phi) is 9.01. The van der Waals surface area contributed by atoms with Gasteiger partial charge >= 0.3 is 0 Å². The fourth-order valence-electron chi connectivity index (χ4n) is 1.66. The molecule has 1 rings (SSSR count). The van der Waals surface area contributed by atoms with Crippen molar-refractivity contribution in [3.8, 4) is 0 Å². The lowest BCUT2D eigenvalue weighted by Crippen LogP contribution is -2.46. The molecular formula is C14H21Cl2N3O2. The van der Waals surface area contributed by atoms with Crippen LogP contribution in [-0.4, -0.2) is 49.9 Å². The SMILES string of the molecule is CNCCN(C)C(=O)C(C)NC(=O)c1ccc(Cl)cc1.Cl. The maximum absolute atomic E-state index is 12.0. The highest BCUT2D eigenvalue weighted by molar-refractivity contribution is 6.30. The molecule has 0 heterocycles. The lowest BCUT2D eigenvalue weighted by Gasteiger charge is -2.22. The van der Waals surface area contributed by atoms with E-state index < -0.39 is 6.04 Å². The van der Waals surface area contributed by atoms with Gasteiger partial charge in [0, 0.05) is 30.7 Å². The largest absolute Gasteiger partial charge is 0.343 e. The van der Waals surface area contributed by atoms with Gasteiger partial charge in [-0.3, -0.25) is 9.59 Å².